The third-order valence-electron chi connectivity index (χ3n) is 9.42. The van der Waals surface area contributed by atoms with Crippen molar-refractivity contribution in [3.63, 3.8) is 0 Å². The predicted molar refractivity (Wildman–Crippen MR) is 104 cm³/mol. The first-order valence-electron chi connectivity index (χ1n) is 11.8. The maximum Gasteiger partial charge on any atom is 0.161 e. The van der Waals surface area contributed by atoms with E-state index in [0.717, 1.165) is 61.6 Å². The number of nitrogens with zero attached hydrogens (tertiary/aromatic N) is 1. The van der Waals surface area contributed by atoms with E-state index in [9.17, 15) is 0 Å². The van der Waals surface area contributed by atoms with E-state index < -0.39 is 6.17 Å². The van der Waals surface area contributed by atoms with Gasteiger partial charge in [0.1, 0.15) is 18.0 Å². The van der Waals surface area contributed by atoms with Gasteiger partial charge in [0, 0.05) is 29.5 Å². The van der Waals surface area contributed by atoms with Crippen LogP contribution in [0.2, 0.25) is 0 Å². The number of hydrogen-bond donors (Lipinski definition) is 0. The number of methoxy groups -OCH3 is 1. The summed E-state index contributed by atoms with van der Waals surface area (Å²) in [5.41, 5.74) is 2.94. The van der Waals surface area contributed by atoms with Crippen LogP contribution in [0.4, 0.5) is 4.39 Å². The maximum absolute atomic E-state index is 15.2. The number of ether oxygens (including phenoxy) is 2. The van der Waals surface area contributed by atoms with E-state index in [1.54, 1.807) is 12.7 Å². The first-order chi connectivity index (χ1) is 13.7. The van der Waals surface area contributed by atoms with Crippen LogP contribution in [0.3, 0.4) is 0 Å². The number of hydrogen-bond acceptors (Lipinski definition) is 3. The molecule has 2 unspecified atom stereocenters. The first kappa shape index (κ1) is 16.7. The molecule has 0 aromatic carbocycles. The number of halogens is 1. The van der Waals surface area contributed by atoms with Crippen molar-refractivity contribution < 1.29 is 13.9 Å². The van der Waals surface area contributed by atoms with Gasteiger partial charge in [-0.25, -0.2) is 4.39 Å². The molecule has 2 aliphatic heterocycles. The van der Waals surface area contributed by atoms with Crippen LogP contribution < -0.4 is 0 Å². The van der Waals surface area contributed by atoms with Crippen molar-refractivity contribution in [2.45, 2.75) is 88.6 Å². The third-order valence-corrected chi connectivity index (χ3v) is 9.42. The van der Waals surface area contributed by atoms with Gasteiger partial charge in [-0.2, -0.15) is 0 Å². The smallest absolute Gasteiger partial charge is 0.161 e. The lowest BCUT2D eigenvalue weighted by atomic mass is 9.50. The second-order valence-electron chi connectivity index (χ2n) is 10.6. The lowest BCUT2D eigenvalue weighted by Crippen LogP contribution is -2.65. The van der Waals surface area contributed by atoms with Crippen molar-refractivity contribution in [2.75, 3.05) is 13.7 Å². The molecule has 7 rings (SSSR count). The van der Waals surface area contributed by atoms with Crippen LogP contribution >= 0.6 is 0 Å². The average Bonchev–Trinajstić information content (AvgIpc) is 3.62. The topological polar surface area (TPSA) is 21.7 Å². The van der Waals surface area contributed by atoms with Crippen molar-refractivity contribution in [1.29, 1.82) is 0 Å². The van der Waals surface area contributed by atoms with Crippen LogP contribution in [0.25, 0.3) is 0 Å². The van der Waals surface area contributed by atoms with Gasteiger partial charge in [-0.3, -0.25) is 4.90 Å². The minimum Gasteiger partial charge on any atom is -0.497 e. The third kappa shape index (κ3) is 1.99. The Kier molecular flexibility index (Phi) is 3.32. The molecule has 0 amide bonds. The van der Waals surface area contributed by atoms with Crippen LogP contribution in [0.1, 0.15) is 64.2 Å². The number of alkyl halides is 1. The Balaban J connectivity index is 1.36. The summed E-state index contributed by atoms with van der Waals surface area (Å²) < 4.78 is 27.4. The Labute approximate surface area is 167 Å². The molecule has 28 heavy (non-hydrogen) atoms. The fourth-order valence-corrected chi connectivity index (χ4v) is 8.17. The van der Waals surface area contributed by atoms with Gasteiger partial charge in [-0.05, 0) is 82.1 Å². The highest BCUT2D eigenvalue weighted by molar-refractivity contribution is 5.51. The highest BCUT2D eigenvalue weighted by atomic mass is 19.1. The van der Waals surface area contributed by atoms with Gasteiger partial charge in [0.2, 0.25) is 0 Å². The summed E-state index contributed by atoms with van der Waals surface area (Å²) >= 11 is 0. The number of likely N-dealkylation sites (tertiary alicyclic amines) is 1. The predicted octanol–water partition coefficient (Wildman–Crippen LogP) is 4.73. The van der Waals surface area contributed by atoms with Crippen LogP contribution in [0.5, 0.6) is 0 Å². The summed E-state index contributed by atoms with van der Waals surface area (Å²) in [7, 11) is 1.76. The van der Waals surface area contributed by atoms with Crippen molar-refractivity contribution in [1.82, 2.24) is 4.90 Å². The van der Waals surface area contributed by atoms with Gasteiger partial charge in [0.15, 0.2) is 5.76 Å². The second-order valence-corrected chi connectivity index (χ2v) is 10.6. The summed E-state index contributed by atoms with van der Waals surface area (Å²) in [5.74, 6) is 4.41. The van der Waals surface area contributed by atoms with Crippen molar-refractivity contribution in [2.24, 2.45) is 23.2 Å². The van der Waals surface area contributed by atoms with E-state index in [2.05, 4.69) is 4.90 Å². The minimum absolute atomic E-state index is 0.0659. The summed E-state index contributed by atoms with van der Waals surface area (Å²) in [6.07, 6.45) is 10.7. The van der Waals surface area contributed by atoms with E-state index in [-0.39, 0.29) is 11.5 Å². The summed E-state index contributed by atoms with van der Waals surface area (Å²) in [5, 5.41) is 0. The molecule has 0 aromatic heterocycles. The van der Waals surface area contributed by atoms with Gasteiger partial charge in [-0.15, -0.1) is 0 Å². The zero-order chi connectivity index (χ0) is 18.6. The molecule has 5 aliphatic carbocycles. The SMILES string of the molecule is COC1=C2O[C@@H]3C(F)CCC4[C@@H]5CC(=C2[C@@]43CCN5C(C2CC2)C2CC2)CC1. The largest absolute Gasteiger partial charge is 0.497 e. The monoisotopic (exact) mass is 385 g/mol. The molecule has 3 nitrogen and oxygen atoms in total. The Morgan fingerprint density at radius 1 is 1.11 bits per heavy atom. The molecule has 1 spiro atoms. The molecule has 152 valence electrons. The fraction of sp³-hybridized carbons (Fsp3) is 0.833. The summed E-state index contributed by atoms with van der Waals surface area (Å²) in [6, 6.07) is 1.45. The van der Waals surface area contributed by atoms with Gasteiger partial charge in [0.05, 0.1) is 7.11 Å². The Morgan fingerprint density at radius 2 is 1.89 bits per heavy atom. The molecule has 4 heteroatoms. The Bertz CT molecular complexity index is 769. The molecular weight excluding hydrogens is 353 g/mol. The average molecular weight is 386 g/mol. The number of rotatable bonds is 4. The summed E-state index contributed by atoms with van der Waals surface area (Å²) in [4.78, 5) is 2.96. The van der Waals surface area contributed by atoms with Gasteiger partial charge in [0.25, 0.3) is 0 Å². The minimum atomic E-state index is -0.825. The zero-order valence-corrected chi connectivity index (χ0v) is 17.0. The van der Waals surface area contributed by atoms with Crippen LogP contribution in [0, 0.1) is 23.2 Å². The number of allylic oxidation sites excluding steroid dienone is 2. The highest BCUT2D eigenvalue weighted by Crippen LogP contribution is 2.68. The van der Waals surface area contributed by atoms with Crippen LogP contribution in [0.15, 0.2) is 22.7 Å². The quantitative estimate of drug-likeness (QED) is 0.698. The van der Waals surface area contributed by atoms with Crippen molar-refractivity contribution >= 4 is 0 Å². The van der Waals surface area contributed by atoms with E-state index >= 15 is 4.39 Å². The molecule has 5 fully saturated rings. The zero-order valence-electron chi connectivity index (χ0n) is 17.0. The van der Waals surface area contributed by atoms with Crippen molar-refractivity contribution in [3.8, 4) is 0 Å². The molecule has 5 atom stereocenters. The molecule has 2 bridgehead atoms. The lowest BCUT2D eigenvalue weighted by Gasteiger charge is -2.60. The van der Waals surface area contributed by atoms with Gasteiger partial charge in [-0.1, -0.05) is 5.57 Å². The lowest BCUT2D eigenvalue weighted by molar-refractivity contribution is -0.125. The van der Waals surface area contributed by atoms with Crippen LogP contribution in [-0.2, 0) is 9.47 Å². The molecule has 2 saturated heterocycles. The Hall–Kier alpha value is -1.03. The molecule has 2 heterocycles. The van der Waals surface area contributed by atoms with Gasteiger partial charge >= 0.3 is 0 Å². The highest BCUT2D eigenvalue weighted by Gasteiger charge is 2.68. The number of piperidine rings is 1. The molecule has 0 radical (unpaired) electrons. The second kappa shape index (κ2) is 5.56. The molecule has 0 aromatic rings. The molecule has 3 saturated carbocycles. The van der Waals surface area contributed by atoms with Crippen LogP contribution in [-0.4, -0.2) is 42.9 Å². The molecule has 0 N–H and O–H groups in total. The molecule has 7 aliphatic rings. The normalized spacial score (nSPS) is 44.7. The van der Waals surface area contributed by atoms with E-state index in [1.165, 1.54) is 37.7 Å². The van der Waals surface area contributed by atoms with E-state index in [1.807, 2.05) is 0 Å². The van der Waals surface area contributed by atoms with E-state index in [4.69, 9.17) is 9.47 Å². The first-order valence-corrected chi connectivity index (χ1v) is 11.8. The Morgan fingerprint density at radius 3 is 2.61 bits per heavy atom. The maximum atomic E-state index is 15.2. The molecular formula is C24H32FNO2. The fourth-order valence-electron chi connectivity index (χ4n) is 8.17. The standard InChI is InChI=1S/C24H32FNO2/c1-27-19-9-6-15-12-18-16-7-8-17(25)23-24(16,20(15)22(19)28-23)10-11-26(18)21(13-2-3-13)14-4-5-14/h13-14,16-18,21,23H,2-12H2,1H3/t16?,17?,18-,23+,24+/m0/s1. The van der Waals surface area contributed by atoms with Crippen molar-refractivity contribution in [3.05, 3.63) is 22.7 Å². The van der Waals surface area contributed by atoms with E-state index in [0.29, 0.717) is 18.4 Å². The van der Waals surface area contributed by atoms with Gasteiger partial charge < -0.3 is 9.47 Å². The summed E-state index contributed by atoms with van der Waals surface area (Å²) in [6.45, 7) is 1.15.